The Hall–Kier alpha value is -6.47. The molecule has 2 N–H and O–H groups in total. The Morgan fingerprint density at radius 1 is 0.984 bits per heavy atom. The number of carbonyl (C=O) groups excluding carboxylic acids is 5. The Morgan fingerprint density at radius 2 is 1.76 bits per heavy atom. The molecule has 18 nitrogen and oxygen atoms in total. The van der Waals surface area contributed by atoms with Gasteiger partial charge in [0.15, 0.2) is 11.3 Å². The number of benzene rings is 2. The van der Waals surface area contributed by atoms with Crippen LogP contribution < -0.4 is 25.2 Å². The molecule has 3 aromatic heterocycles. The summed E-state index contributed by atoms with van der Waals surface area (Å²) < 4.78 is 31.3. The molecule has 1 atom stereocenters. The molecule has 4 fully saturated rings. The van der Waals surface area contributed by atoms with Crippen LogP contribution >= 0.6 is 0 Å². The third kappa shape index (κ3) is 7.27. The number of fused-ring (bicyclic) bond motifs is 3. The van der Waals surface area contributed by atoms with E-state index in [0.29, 0.717) is 67.7 Å². The van der Waals surface area contributed by atoms with Crippen molar-refractivity contribution in [3.05, 3.63) is 71.7 Å². The van der Waals surface area contributed by atoms with Crippen LogP contribution in [0.3, 0.4) is 0 Å². The van der Waals surface area contributed by atoms with Gasteiger partial charge in [-0.1, -0.05) is 0 Å². The van der Waals surface area contributed by atoms with Crippen LogP contribution in [0.1, 0.15) is 76.6 Å². The molecule has 62 heavy (non-hydrogen) atoms. The molecule has 10 rings (SSSR count). The van der Waals surface area contributed by atoms with Crippen molar-refractivity contribution < 1.29 is 37.8 Å². The molecule has 0 aliphatic carbocycles. The largest absolute Gasteiger partial charge is 0.489 e. The highest BCUT2D eigenvalue weighted by molar-refractivity contribution is 6.23. The van der Waals surface area contributed by atoms with Gasteiger partial charge in [0.1, 0.15) is 23.2 Å². The van der Waals surface area contributed by atoms with Crippen molar-refractivity contribution in [2.24, 2.45) is 0 Å². The van der Waals surface area contributed by atoms with E-state index in [1.54, 1.807) is 28.9 Å². The number of morpholine rings is 1. The van der Waals surface area contributed by atoms with Gasteiger partial charge in [-0.2, -0.15) is 10.2 Å². The van der Waals surface area contributed by atoms with Crippen LogP contribution in [0.25, 0.3) is 16.6 Å². The van der Waals surface area contributed by atoms with Crippen LogP contribution in [-0.2, 0) is 14.3 Å². The third-order valence-electron chi connectivity index (χ3n) is 12.3. The quantitative estimate of drug-likeness (QED) is 0.195. The first-order valence-electron chi connectivity index (χ1n) is 21.1. The zero-order valence-corrected chi connectivity index (χ0v) is 34.4. The molecule has 5 aromatic rings. The van der Waals surface area contributed by atoms with Gasteiger partial charge < -0.3 is 24.6 Å². The minimum absolute atomic E-state index is 0.0421. The number of likely N-dealkylation sites (tertiary alicyclic amines) is 1. The first kappa shape index (κ1) is 39.7. The Kier molecular flexibility index (Phi) is 9.89. The van der Waals surface area contributed by atoms with Gasteiger partial charge in [0, 0.05) is 68.7 Å². The predicted molar refractivity (Wildman–Crippen MR) is 223 cm³/mol. The van der Waals surface area contributed by atoms with Crippen molar-refractivity contribution in [2.45, 2.75) is 63.4 Å². The van der Waals surface area contributed by atoms with Gasteiger partial charge in [-0.15, -0.1) is 0 Å². The molecule has 0 radical (unpaired) electrons. The van der Waals surface area contributed by atoms with Crippen LogP contribution in [-0.4, -0.2) is 141 Å². The van der Waals surface area contributed by atoms with Crippen LogP contribution in [0, 0.1) is 0 Å². The highest BCUT2D eigenvalue weighted by atomic mass is 19.1. The lowest BCUT2D eigenvalue weighted by atomic mass is 9.92. The summed E-state index contributed by atoms with van der Waals surface area (Å²) >= 11 is 0. The van der Waals surface area contributed by atoms with E-state index in [9.17, 15) is 24.0 Å². The van der Waals surface area contributed by atoms with Crippen LogP contribution in [0.5, 0.6) is 5.75 Å². The number of aromatic nitrogens is 5. The molecule has 8 heterocycles. The van der Waals surface area contributed by atoms with Gasteiger partial charge >= 0.3 is 0 Å². The van der Waals surface area contributed by atoms with Gasteiger partial charge in [-0.25, -0.2) is 13.9 Å². The van der Waals surface area contributed by atoms with Crippen molar-refractivity contribution in [3.63, 3.8) is 0 Å². The summed E-state index contributed by atoms with van der Waals surface area (Å²) in [4.78, 5) is 76.1. The molecule has 4 saturated heterocycles. The van der Waals surface area contributed by atoms with Gasteiger partial charge in [0.2, 0.25) is 11.8 Å². The number of amides is 5. The molecule has 5 amide bonds. The summed E-state index contributed by atoms with van der Waals surface area (Å²) in [6.45, 7) is 8.41. The number of hydrogen-bond acceptors (Lipinski definition) is 13. The number of ether oxygens (including phenoxy) is 2. The minimum Gasteiger partial charge on any atom is -0.489 e. The molecule has 0 saturated carbocycles. The maximum atomic E-state index is 16.1. The number of hydrogen-bond donors (Lipinski definition) is 2. The summed E-state index contributed by atoms with van der Waals surface area (Å²) in [6.07, 6.45) is 6.79. The second kappa shape index (κ2) is 15.5. The van der Waals surface area contributed by atoms with E-state index >= 15 is 4.39 Å². The highest BCUT2D eigenvalue weighted by Crippen LogP contribution is 2.38. The van der Waals surface area contributed by atoms with Crippen molar-refractivity contribution >= 4 is 63.3 Å². The maximum absolute atomic E-state index is 16.1. The highest BCUT2D eigenvalue weighted by Gasteiger charge is 2.48. The monoisotopic (exact) mass is 847 g/mol. The zero-order valence-electron chi connectivity index (χ0n) is 34.4. The molecule has 5 aliphatic heterocycles. The van der Waals surface area contributed by atoms with E-state index in [0.717, 1.165) is 34.5 Å². The fraction of sp³-hybridized carbons (Fsp3) is 0.442. The number of nitrogens with zero attached hydrogens (tertiary/aromatic N) is 9. The van der Waals surface area contributed by atoms with Gasteiger partial charge in [-0.05, 0) is 63.4 Å². The number of nitrogens with one attached hydrogen (secondary N) is 2. The molecule has 2 aromatic carbocycles. The van der Waals surface area contributed by atoms with E-state index in [1.165, 1.54) is 6.20 Å². The molecule has 5 aliphatic rings. The summed E-state index contributed by atoms with van der Waals surface area (Å²) in [5.41, 5.74) is 1.55. The molecule has 0 bridgehead atoms. The van der Waals surface area contributed by atoms with Crippen LogP contribution in [0.15, 0.2) is 55.0 Å². The Labute approximate surface area is 354 Å². The number of alkyl halides is 1. The van der Waals surface area contributed by atoms with E-state index in [4.69, 9.17) is 19.6 Å². The molecule has 1 unspecified atom stereocenters. The maximum Gasteiger partial charge on any atom is 0.262 e. The number of imide groups is 2. The lowest BCUT2D eigenvalue weighted by Gasteiger charge is -2.48. The summed E-state index contributed by atoms with van der Waals surface area (Å²) in [7, 11) is 0. The average Bonchev–Trinajstić information content (AvgIpc) is 3.94. The zero-order chi connectivity index (χ0) is 42.9. The number of piperidine rings is 2. The molecular formula is C43H46FN11O7. The molecular weight excluding hydrogens is 802 g/mol. The normalized spacial score (nSPS) is 20.9. The molecule has 0 spiro atoms. The number of rotatable bonds is 10. The summed E-state index contributed by atoms with van der Waals surface area (Å²) in [5.74, 6) is -1.37. The van der Waals surface area contributed by atoms with Crippen molar-refractivity contribution in [1.29, 1.82) is 0 Å². The number of anilines is 3. The van der Waals surface area contributed by atoms with E-state index in [1.807, 2.05) is 47.8 Å². The summed E-state index contributed by atoms with van der Waals surface area (Å²) in [6, 6.07) is 9.50. The van der Waals surface area contributed by atoms with E-state index in [-0.39, 0.29) is 61.7 Å². The van der Waals surface area contributed by atoms with Crippen molar-refractivity contribution in [3.8, 4) is 5.75 Å². The fourth-order valence-electron chi connectivity index (χ4n) is 9.20. The third-order valence-corrected chi connectivity index (χ3v) is 12.3. The predicted octanol–water partition coefficient (Wildman–Crippen LogP) is 3.22. The fourth-order valence-corrected chi connectivity index (χ4v) is 9.20. The van der Waals surface area contributed by atoms with Gasteiger partial charge in [-0.3, -0.25) is 43.8 Å². The van der Waals surface area contributed by atoms with E-state index in [2.05, 4.69) is 25.5 Å². The second-order valence-electron chi connectivity index (χ2n) is 17.0. The topological polar surface area (TPSA) is 189 Å². The van der Waals surface area contributed by atoms with Crippen molar-refractivity contribution in [1.82, 2.24) is 39.5 Å². The first-order valence-corrected chi connectivity index (χ1v) is 21.1. The lowest BCUT2D eigenvalue weighted by molar-refractivity contribution is -0.136. The second-order valence-corrected chi connectivity index (χ2v) is 17.0. The molecule has 322 valence electrons. The number of carbonyl (C=O) groups is 5. The first-order chi connectivity index (χ1) is 29.9. The number of halogens is 1. The standard InChI is InChI=1S/C43H46FN11O7/c1-25(2)62-35-19-32-26(17-33(35)46-39(57)31-20-45-53-12-9-36(47-38(31)53)51-13-15-61-16-14-51)21-54(49-32)27-7-10-50(11-8-27)22-43(44)23-52(24-43)28-3-4-29-30(18-28)42(60)55(41(29)59)34-5-6-37(56)48-40(34)58/h3-4,9,12,17-21,25,27,34H,5-8,10-11,13-16,22-24H2,1-2H3,(H,46,57)(H,48,56,58). The SMILES string of the molecule is CC(C)Oc1cc2nn(C3CCN(CC4(F)CN(c5ccc6c(c5)C(=O)N(C5CCC(=O)NC5=O)C6=O)C4)CC3)cc2cc1NC(=O)c1cnn2ccc(N3CCOCC3)nc12. The Balaban J connectivity index is 0.771. The van der Waals surface area contributed by atoms with Gasteiger partial charge in [0.25, 0.3) is 17.7 Å². The molecule has 19 heteroatoms. The Bertz CT molecular complexity index is 2640. The smallest absolute Gasteiger partial charge is 0.262 e. The van der Waals surface area contributed by atoms with Crippen LogP contribution in [0.4, 0.5) is 21.6 Å². The van der Waals surface area contributed by atoms with Gasteiger partial charge in [0.05, 0.1) is 67.0 Å². The lowest BCUT2D eigenvalue weighted by Crippen LogP contribution is -2.64. The Morgan fingerprint density at radius 3 is 2.52 bits per heavy atom. The minimum atomic E-state index is -1.46. The average molecular weight is 848 g/mol. The van der Waals surface area contributed by atoms with Crippen molar-refractivity contribution in [2.75, 3.05) is 74.1 Å². The summed E-state index contributed by atoms with van der Waals surface area (Å²) in [5, 5.41) is 15.4. The van der Waals surface area contributed by atoms with E-state index < -0.39 is 35.3 Å². The van der Waals surface area contributed by atoms with Crippen LogP contribution in [0.2, 0.25) is 0 Å².